The van der Waals surface area contributed by atoms with E-state index >= 15 is 0 Å². The van der Waals surface area contributed by atoms with Crippen LogP contribution in [0.3, 0.4) is 0 Å². The molecule has 1 unspecified atom stereocenters. The van der Waals surface area contributed by atoms with E-state index in [1.54, 1.807) is 12.1 Å². The fourth-order valence-corrected chi connectivity index (χ4v) is 5.85. The van der Waals surface area contributed by atoms with Crippen LogP contribution in [0.15, 0.2) is 41.4 Å². The van der Waals surface area contributed by atoms with Gasteiger partial charge in [-0.15, -0.1) is 0 Å². The van der Waals surface area contributed by atoms with Gasteiger partial charge < -0.3 is 14.8 Å². The molecule has 2 heterocycles. The maximum Gasteiger partial charge on any atom is 0.242 e. The van der Waals surface area contributed by atoms with Crippen LogP contribution in [0.1, 0.15) is 24.8 Å². The Balaban J connectivity index is 1.14. The number of aromatic nitrogens is 1. The molecular formula is C22H27N3O4S. The number of anilines is 1. The van der Waals surface area contributed by atoms with E-state index in [4.69, 9.17) is 9.47 Å². The predicted molar refractivity (Wildman–Crippen MR) is 113 cm³/mol. The standard InChI is InChI=1S/C22H27N3O4S/c26-30(27,25-10-9-15-3-1-6-20-22(15)29-12-11-28-20)16-7-8-21(23-13-16)24-14-19-17-4-2-5-18(17)19/h1,3,6-8,13,17-19,25H,2,4-5,9-12,14H2,(H,23,24)/t17-,18+,19?. The molecule has 3 atom stereocenters. The average molecular weight is 430 g/mol. The SMILES string of the molecule is O=S(=O)(NCCc1cccc2c1OCCO2)c1ccc(NCC2[C@H]3CCC[C@@H]23)nc1. The average Bonchev–Trinajstić information content (AvgIpc) is 3.19. The van der Waals surface area contributed by atoms with Crippen LogP contribution in [0.5, 0.6) is 11.5 Å². The lowest BCUT2D eigenvalue weighted by Crippen LogP contribution is -2.26. The number of nitrogens with zero attached hydrogens (tertiary/aromatic N) is 1. The second kappa shape index (κ2) is 8.07. The molecule has 2 saturated carbocycles. The second-order valence-corrected chi connectivity index (χ2v) is 10.0. The fourth-order valence-electron chi connectivity index (χ4n) is 4.87. The first-order valence-corrected chi connectivity index (χ1v) is 12.2. The van der Waals surface area contributed by atoms with Crippen molar-refractivity contribution in [2.75, 3.05) is 31.6 Å². The molecule has 1 aromatic heterocycles. The van der Waals surface area contributed by atoms with Crippen molar-refractivity contribution in [3.63, 3.8) is 0 Å². The zero-order valence-corrected chi connectivity index (χ0v) is 17.7. The summed E-state index contributed by atoms with van der Waals surface area (Å²) in [5.41, 5.74) is 0.928. The number of pyridine rings is 1. The quantitative estimate of drug-likeness (QED) is 0.671. The number of hydrogen-bond acceptors (Lipinski definition) is 6. The highest BCUT2D eigenvalue weighted by Crippen LogP contribution is 2.57. The smallest absolute Gasteiger partial charge is 0.242 e. The van der Waals surface area contributed by atoms with Gasteiger partial charge in [-0.1, -0.05) is 18.6 Å². The molecule has 3 aliphatic rings. The van der Waals surface area contributed by atoms with Crippen LogP contribution in [-0.4, -0.2) is 39.7 Å². The highest BCUT2D eigenvalue weighted by atomic mass is 32.2. The minimum absolute atomic E-state index is 0.172. The summed E-state index contributed by atoms with van der Waals surface area (Å²) in [5.74, 6) is 4.71. The summed E-state index contributed by atoms with van der Waals surface area (Å²) < 4.78 is 39.1. The van der Waals surface area contributed by atoms with Gasteiger partial charge >= 0.3 is 0 Å². The van der Waals surface area contributed by atoms with E-state index in [1.807, 2.05) is 18.2 Å². The van der Waals surface area contributed by atoms with Crippen LogP contribution in [-0.2, 0) is 16.4 Å². The molecule has 2 aliphatic carbocycles. The van der Waals surface area contributed by atoms with Gasteiger partial charge in [0.05, 0.1) is 0 Å². The van der Waals surface area contributed by atoms with E-state index in [2.05, 4.69) is 15.0 Å². The van der Waals surface area contributed by atoms with Gasteiger partial charge in [-0.25, -0.2) is 18.1 Å². The Hall–Kier alpha value is -2.32. The van der Waals surface area contributed by atoms with Gasteiger partial charge in [0.1, 0.15) is 23.9 Å². The van der Waals surface area contributed by atoms with Crippen molar-refractivity contribution in [3.8, 4) is 11.5 Å². The maximum atomic E-state index is 12.6. The van der Waals surface area contributed by atoms with Gasteiger partial charge in [0, 0.05) is 19.3 Å². The number of rotatable bonds is 8. The fraction of sp³-hybridized carbons (Fsp3) is 0.500. The topological polar surface area (TPSA) is 89.6 Å². The van der Waals surface area contributed by atoms with E-state index in [-0.39, 0.29) is 11.4 Å². The number of nitrogens with one attached hydrogen (secondary N) is 2. The van der Waals surface area contributed by atoms with Crippen molar-refractivity contribution in [2.24, 2.45) is 17.8 Å². The number of para-hydroxylation sites is 1. The summed E-state index contributed by atoms with van der Waals surface area (Å²) in [6.45, 7) is 2.24. The molecule has 0 spiro atoms. The lowest BCUT2D eigenvalue weighted by molar-refractivity contribution is 0.170. The summed E-state index contributed by atoms with van der Waals surface area (Å²) in [6.07, 6.45) is 6.02. The van der Waals surface area contributed by atoms with Crippen molar-refractivity contribution in [1.82, 2.24) is 9.71 Å². The monoisotopic (exact) mass is 429 g/mol. The second-order valence-electron chi connectivity index (χ2n) is 8.27. The zero-order valence-electron chi connectivity index (χ0n) is 16.8. The first kappa shape index (κ1) is 19.6. The number of sulfonamides is 1. The molecule has 0 saturated heterocycles. The van der Waals surface area contributed by atoms with Crippen molar-refractivity contribution < 1.29 is 17.9 Å². The summed E-state index contributed by atoms with van der Waals surface area (Å²) in [7, 11) is -3.61. The Kier molecular flexibility index (Phi) is 5.28. The third kappa shape index (κ3) is 3.98. The van der Waals surface area contributed by atoms with Crippen LogP contribution in [0, 0.1) is 17.8 Å². The van der Waals surface area contributed by atoms with Crippen LogP contribution in [0.4, 0.5) is 5.82 Å². The van der Waals surface area contributed by atoms with Crippen molar-refractivity contribution in [1.29, 1.82) is 0 Å². The van der Waals surface area contributed by atoms with E-state index in [0.29, 0.717) is 31.1 Å². The molecule has 2 fully saturated rings. The summed E-state index contributed by atoms with van der Waals surface area (Å²) in [6, 6.07) is 9.02. The molecule has 30 heavy (non-hydrogen) atoms. The van der Waals surface area contributed by atoms with Crippen molar-refractivity contribution in [2.45, 2.75) is 30.6 Å². The zero-order chi connectivity index (χ0) is 20.6. The van der Waals surface area contributed by atoms with E-state index < -0.39 is 10.0 Å². The molecule has 5 rings (SSSR count). The normalized spacial score (nSPS) is 24.3. The van der Waals surface area contributed by atoms with Crippen LogP contribution in [0.25, 0.3) is 0 Å². The first-order valence-electron chi connectivity index (χ1n) is 10.7. The number of ether oxygens (including phenoxy) is 2. The molecule has 1 aromatic carbocycles. The van der Waals surface area contributed by atoms with Gasteiger partial charge in [-0.05, 0) is 60.8 Å². The third-order valence-corrected chi connectivity index (χ3v) is 7.93. The third-order valence-electron chi connectivity index (χ3n) is 6.48. The molecule has 1 aliphatic heterocycles. The minimum atomic E-state index is -3.61. The molecule has 2 N–H and O–H groups in total. The van der Waals surface area contributed by atoms with Crippen molar-refractivity contribution in [3.05, 3.63) is 42.1 Å². The van der Waals surface area contributed by atoms with Gasteiger partial charge in [0.25, 0.3) is 0 Å². The Bertz CT molecular complexity index is 1000. The Labute approximate surface area is 177 Å². The van der Waals surface area contributed by atoms with Gasteiger partial charge in [-0.2, -0.15) is 0 Å². The molecule has 7 nitrogen and oxygen atoms in total. The van der Waals surface area contributed by atoms with Crippen LogP contribution >= 0.6 is 0 Å². The highest BCUT2D eigenvalue weighted by Gasteiger charge is 2.51. The molecule has 0 radical (unpaired) electrons. The van der Waals surface area contributed by atoms with Gasteiger partial charge in [-0.3, -0.25) is 0 Å². The Morgan fingerprint density at radius 1 is 1.07 bits per heavy atom. The summed E-state index contributed by atoms with van der Waals surface area (Å²) >= 11 is 0. The van der Waals surface area contributed by atoms with Gasteiger partial charge in [0.2, 0.25) is 10.0 Å². The largest absolute Gasteiger partial charge is 0.486 e. The predicted octanol–water partition coefficient (Wildman–Crippen LogP) is 2.83. The van der Waals surface area contributed by atoms with E-state index in [0.717, 1.165) is 35.7 Å². The molecule has 160 valence electrons. The summed E-state index contributed by atoms with van der Waals surface area (Å²) in [4.78, 5) is 4.47. The maximum absolute atomic E-state index is 12.6. The lowest BCUT2D eigenvalue weighted by atomic mass is 10.1. The Morgan fingerprint density at radius 3 is 2.70 bits per heavy atom. The number of benzene rings is 1. The van der Waals surface area contributed by atoms with Crippen LogP contribution in [0.2, 0.25) is 0 Å². The number of hydrogen-bond donors (Lipinski definition) is 2. The molecule has 0 amide bonds. The molecular weight excluding hydrogens is 402 g/mol. The van der Waals surface area contributed by atoms with Crippen LogP contribution < -0.4 is 19.5 Å². The molecule has 0 bridgehead atoms. The van der Waals surface area contributed by atoms with E-state index in [9.17, 15) is 8.42 Å². The lowest BCUT2D eigenvalue weighted by Gasteiger charge is -2.21. The van der Waals surface area contributed by atoms with E-state index in [1.165, 1.54) is 25.5 Å². The highest BCUT2D eigenvalue weighted by molar-refractivity contribution is 7.89. The molecule has 8 heteroatoms. The Morgan fingerprint density at radius 2 is 1.90 bits per heavy atom. The van der Waals surface area contributed by atoms with Crippen molar-refractivity contribution >= 4 is 15.8 Å². The minimum Gasteiger partial charge on any atom is -0.486 e. The number of fused-ring (bicyclic) bond motifs is 2. The summed E-state index contributed by atoms with van der Waals surface area (Å²) in [5, 5.41) is 3.36. The first-order chi connectivity index (χ1) is 14.6. The molecule has 2 aromatic rings. The van der Waals surface area contributed by atoms with Gasteiger partial charge in [0.15, 0.2) is 11.5 Å².